The smallest absolute Gasteiger partial charge is 0.251 e. The zero-order chi connectivity index (χ0) is 18.9. The highest BCUT2D eigenvalue weighted by atomic mass is 35.5. The summed E-state index contributed by atoms with van der Waals surface area (Å²) in [6.45, 7) is 2.51. The summed E-state index contributed by atoms with van der Waals surface area (Å²) in [5, 5.41) is 0.583. The van der Waals surface area contributed by atoms with E-state index < -0.39 is 11.8 Å². The molecular weight excluding hydrogens is 362 g/mol. The Labute approximate surface area is 157 Å². The maximum atomic E-state index is 13.4. The third kappa shape index (κ3) is 3.85. The standard InChI is InChI=1S/C19H23ClF2N2O2/c1-2-24-16(25)8-7-15(17(24)13-3-5-14(20)6-4-13)18(26)23-11-9-19(21,22)10-12-23/h3-6,15,17H,2,7-12H2,1H3/t15-,17+/m1/s1. The number of carbonyl (C=O) groups is 2. The molecule has 2 amide bonds. The van der Waals surface area contributed by atoms with Gasteiger partial charge in [0.15, 0.2) is 0 Å². The zero-order valence-electron chi connectivity index (χ0n) is 14.8. The second-order valence-electron chi connectivity index (χ2n) is 7.00. The van der Waals surface area contributed by atoms with Crippen LogP contribution in [0.25, 0.3) is 0 Å². The average molecular weight is 385 g/mol. The Balaban J connectivity index is 1.86. The van der Waals surface area contributed by atoms with Gasteiger partial charge in [-0.2, -0.15) is 0 Å². The van der Waals surface area contributed by atoms with Crippen molar-refractivity contribution in [3.05, 3.63) is 34.9 Å². The molecule has 2 fully saturated rings. The summed E-state index contributed by atoms with van der Waals surface area (Å²) in [5.41, 5.74) is 0.852. The summed E-state index contributed by atoms with van der Waals surface area (Å²) < 4.78 is 26.9. The van der Waals surface area contributed by atoms with Crippen LogP contribution in [-0.2, 0) is 9.59 Å². The van der Waals surface area contributed by atoms with Crippen LogP contribution in [0.15, 0.2) is 24.3 Å². The molecule has 0 saturated carbocycles. The molecule has 0 bridgehead atoms. The van der Waals surface area contributed by atoms with Crippen molar-refractivity contribution in [2.24, 2.45) is 5.92 Å². The van der Waals surface area contributed by atoms with Crippen molar-refractivity contribution in [2.45, 2.75) is 44.6 Å². The van der Waals surface area contributed by atoms with E-state index in [1.54, 1.807) is 17.0 Å². The van der Waals surface area contributed by atoms with Crippen LogP contribution < -0.4 is 0 Å². The minimum Gasteiger partial charge on any atom is -0.342 e. The maximum Gasteiger partial charge on any atom is 0.251 e. The van der Waals surface area contributed by atoms with Gasteiger partial charge in [0, 0.05) is 43.9 Å². The Kier molecular flexibility index (Phi) is 5.51. The lowest BCUT2D eigenvalue weighted by molar-refractivity contribution is -0.151. The van der Waals surface area contributed by atoms with E-state index in [2.05, 4.69) is 0 Å². The van der Waals surface area contributed by atoms with Crippen LogP contribution in [0.2, 0.25) is 5.02 Å². The number of likely N-dealkylation sites (tertiary alicyclic amines) is 2. The van der Waals surface area contributed by atoms with Crippen LogP contribution >= 0.6 is 11.6 Å². The highest BCUT2D eigenvalue weighted by molar-refractivity contribution is 6.30. The van der Waals surface area contributed by atoms with Crippen molar-refractivity contribution >= 4 is 23.4 Å². The number of rotatable bonds is 3. The summed E-state index contributed by atoms with van der Waals surface area (Å²) in [4.78, 5) is 28.7. The van der Waals surface area contributed by atoms with Gasteiger partial charge in [0.2, 0.25) is 11.8 Å². The Hall–Kier alpha value is -1.69. The molecule has 0 N–H and O–H groups in total. The first kappa shape index (κ1) is 19.1. The number of piperidine rings is 2. The molecule has 2 atom stereocenters. The van der Waals surface area contributed by atoms with Gasteiger partial charge in [-0.25, -0.2) is 8.78 Å². The van der Waals surface area contributed by atoms with E-state index in [4.69, 9.17) is 11.6 Å². The topological polar surface area (TPSA) is 40.6 Å². The molecule has 7 heteroatoms. The summed E-state index contributed by atoms with van der Waals surface area (Å²) >= 11 is 5.97. The molecule has 1 aromatic rings. The average Bonchev–Trinajstić information content (AvgIpc) is 2.61. The van der Waals surface area contributed by atoms with Gasteiger partial charge >= 0.3 is 0 Å². The lowest BCUT2D eigenvalue weighted by Crippen LogP contribution is -2.51. The minimum absolute atomic E-state index is 0.0154. The van der Waals surface area contributed by atoms with E-state index in [1.807, 2.05) is 19.1 Å². The number of nitrogens with zero attached hydrogens (tertiary/aromatic N) is 2. The molecule has 2 aliphatic heterocycles. The molecular formula is C19H23ClF2N2O2. The normalized spacial score (nSPS) is 26.1. The second kappa shape index (κ2) is 7.51. The summed E-state index contributed by atoms with van der Waals surface area (Å²) in [7, 11) is 0. The van der Waals surface area contributed by atoms with E-state index >= 15 is 0 Å². The third-order valence-corrected chi connectivity index (χ3v) is 5.63. The number of halogens is 3. The minimum atomic E-state index is -2.69. The quantitative estimate of drug-likeness (QED) is 0.793. The van der Waals surface area contributed by atoms with Crippen LogP contribution in [0.3, 0.4) is 0 Å². The Morgan fingerprint density at radius 3 is 2.42 bits per heavy atom. The number of amides is 2. The maximum absolute atomic E-state index is 13.4. The highest BCUT2D eigenvalue weighted by Crippen LogP contribution is 2.39. The SMILES string of the molecule is CCN1C(=O)CC[C@@H](C(=O)N2CCC(F)(F)CC2)[C@@H]1c1ccc(Cl)cc1. The molecule has 26 heavy (non-hydrogen) atoms. The van der Waals surface area contributed by atoms with Gasteiger partial charge in [-0.05, 0) is 31.0 Å². The predicted octanol–water partition coefficient (Wildman–Crippen LogP) is 3.90. The molecule has 0 aliphatic carbocycles. The van der Waals surface area contributed by atoms with Gasteiger partial charge < -0.3 is 9.80 Å². The second-order valence-corrected chi connectivity index (χ2v) is 7.44. The lowest BCUT2D eigenvalue weighted by atomic mass is 9.83. The lowest BCUT2D eigenvalue weighted by Gasteiger charge is -2.43. The van der Waals surface area contributed by atoms with Crippen molar-refractivity contribution in [3.63, 3.8) is 0 Å². The Bertz CT molecular complexity index is 671. The Morgan fingerprint density at radius 1 is 1.23 bits per heavy atom. The third-order valence-electron chi connectivity index (χ3n) is 5.38. The van der Waals surface area contributed by atoms with Gasteiger partial charge in [-0.1, -0.05) is 23.7 Å². The summed E-state index contributed by atoms with van der Waals surface area (Å²) in [6.07, 6.45) is 0.147. The number of benzene rings is 1. The van der Waals surface area contributed by atoms with Crippen molar-refractivity contribution in [2.75, 3.05) is 19.6 Å². The summed E-state index contributed by atoms with van der Waals surface area (Å²) in [6, 6.07) is 6.77. The number of hydrogen-bond acceptors (Lipinski definition) is 2. The number of alkyl halides is 2. The van der Waals surface area contributed by atoms with E-state index in [1.165, 1.54) is 4.90 Å². The molecule has 1 aromatic carbocycles. The van der Waals surface area contributed by atoms with E-state index in [9.17, 15) is 18.4 Å². The van der Waals surface area contributed by atoms with Crippen LogP contribution in [0.4, 0.5) is 8.78 Å². The van der Waals surface area contributed by atoms with Gasteiger partial charge in [-0.3, -0.25) is 9.59 Å². The monoisotopic (exact) mass is 384 g/mol. The van der Waals surface area contributed by atoms with Crippen LogP contribution in [0.1, 0.15) is 44.2 Å². The molecule has 0 aromatic heterocycles. The van der Waals surface area contributed by atoms with Gasteiger partial charge in [0.25, 0.3) is 5.92 Å². The first-order chi connectivity index (χ1) is 12.3. The molecule has 0 unspecified atom stereocenters. The fourth-order valence-electron chi connectivity index (χ4n) is 3.95. The molecule has 2 saturated heterocycles. The fraction of sp³-hybridized carbons (Fsp3) is 0.579. The molecule has 142 valence electrons. The van der Waals surface area contributed by atoms with Crippen molar-refractivity contribution in [1.82, 2.24) is 9.80 Å². The largest absolute Gasteiger partial charge is 0.342 e. The van der Waals surface area contributed by atoms with Gasteiger partial charge in [0.1, 0.15) is 0 Å². The molecule has 2 aliphatic rings. The number of hydrogen-bond donors (Lipinski definition) is 0. The van der Waals surface area contributed by atoms with E-state index in [0.717, 1.165) is 5.56 Å². The Morgan fingerprint density at radius 2 is 1.85 bits per heavy atom. The van der Waals surface area contributed by atoms with Crippen LogP contribution in [-0.4, -0.2) is 47.2 Å². The molecule has 0 spiro atoms. The number of carbonyl (C=O) groups excluding carboxylic acids is 2. The van der Waals surface area contributed by atoms with Crippen LogP contribution in [0.5, 0.6) is 0 Å². The van der Waals surface area contributed by atoms with E-state index in [0.29, 0.717) is 24.4 Å². The highest BCUT2D eigenvalue weighted by Gasteiger charge is 2.43. The van der Waals surface area contributed by atoms with Crippen LogP contribution in [0, 0.1) is 5.92 Å². The molecule has 2 heterocycles. The summed E-state index contributed by atoms with van der Waals surface area (Å²) in [5.74, 6) is -3.22. The van der Waals surface area contributed by atoms with E-state index in [-0.39, 0.29) is 43.8 Å². The molecule has 3 rings (SSSR count). The fourth-order valence-corrected chi connectivity index (χ4v) is 4.07. The van der Waals surface area contributed by atoms with Gasteiger partial charge in [-0.15, -0.1) is 0 Å². The predicted molar refractivity (Wildman–Crippen MR) is 95.1 cm³/mol. The van der Waals surface area contributed by atoms with Gasteiger partial charge in [0.05, 0.1) is 12.0 Å². The van der Waals surface area contributed by atoms with Crippen molar-refractivity contribution in [1.29, 1.82) is 0 Å². The van der Waals surface area contributed by atoms with Crippen molar-refractivity contribution in [3.8, 4) is 0 Å². The molecule has 4 nitrogen and oxygen atoms in total. The van der Waals surface area contributed by atoms with Crippen molar-refractivity contribution < 1.29 is 18.4 Å². The zero-order valence-corrected chi connectivity index (χ0v) is 15.5. The first-order valence-electron chi connectivity index (χ1n) is 9.04. The first-order valence-corrected chi connectivity index (χ1v) is 9.42. The molecule has 0 radical (unpaired) electrons.